The van der Waals surface area contributed by atoms with Crippen molar-refractivity contribution in [1.82, 2.24) is 24.7 Å². The molecule has 2 aliphatic rings. The molecule has 0 atom stereocenters. The van der Waals surface area contributed by atoms with Crippen LogP contribution in [-0.2, 0) is 33.3 Å². The Morgan fingerprint density at radius 3 is 2.17 bits per heavy atom. The number of hydrogen-bond donors (Lipinski definition) is 3. The summed E-state index contributed by atoms with van der Waals surface area (Å²) in [5.41, 5.74) is 6.65. The lowest BCUT2D eigenvalue weighted by atomic mass is 10.0. The smallest absolute Gasteiger partial charge is 0.247 e. The van der Waals surface area contributed by atoms with Crippen LogP contribution in [0.1, 0.15) is 32.1 Å². The predicted molar refractivity (Wildman–Crippen MR) is 222 cm³/mol. The van der Waals surface area contributed by atoms with Gasteiger partial charge in [0.25, 0.3) is 0 Å². The number of likely N-dealkylation sites (tertiary alicyclic amines) is 1. The number of carbonyl (C=O) groups is 3. The second-order valence-electron chi connectivity index (χ2n) is 14.1. The molecule has 3 heterocycles. The molecule has 322 valence electrons. The summed E-state index contributed by atoms with van der Waals surface area (Å²) in [5.74, 6) is -0.240. The number of fused-ring (bicyclic) bond motifs is 1. The predicted octanol–water partition coefficient (Wildman–Crippen LogP) is 4.00. The minimum absolute atomic E-state index is 0.0192. The van der Waals surface area contributed by atoms with Crippen LogP contribution in [0, 0.1) is 5.82 Å². The van der Waals surface area contributed by atoms with Gasteiger partial charge in [-0.1, -0.05) is 18.2 Å². The van der Waals surface area contributed by atoms with Crippen LogP contribution < -0.4 is 21.1 Å². The molecule has 0 unspecified atom stereocenters. The lowest BCUT2D eigenvalue weighted by molar-refractivity contribution is -0.134. The molecule has 5 rings (SSSR count). The number of rotatable bonds is 25. The van der Waals surface area contributed by atoms with Gasteiger partial charge < -0.3 is 49.9 Å². The Bertz CT molecular complexity index is 1830. The topological polar surface area (TPSA) is 183 Å². The fourth-order valence-electron chi connectivity index (χ4n) is 6.86. The Hall–Kier alpha value is -4.49. The summed E-state index contributed by atoms with van der Waals surface area (Å²) in [5, 5.41) is 6.58. The van der Waals surface area contributed by atoms with Crippen LogP contribution in [0.3, 0.4) is 0 Å². The Labute approximate surface area is 349 Å². The molecule has 0 aliphatic carbocycles. The second-order valence-corrected chi connectivity index (χ2v) is 14.5. The Morgan fingerprint density at radius 1 is 0.864 bits per heavy atom. The first-order valence-electron chi connectivity index (χ1n) is 20.1. The standard InChI is InChI=1S/C41H56ClFN8O8/c1-2-39(53)48-36-27-32-35(45-29-46-41(32)47-30-4-5-34(43)33(42)26-30)28-37(36)59-17-3-10-49-11-6-31(7-12-49)50-13-15-51(16-14-50)40(54)9-19-56-21-23-58-25-24-57-22-20-55-18-8-38(44)52/h2,4-5,26-29,31H,1,3,6-25H2,(H2,44,52)(H,48,53)(H,45,46,47). The van der Waals surface area contributed by atoms with Crippen LogP contribution in [0.4, 0.5) is 21.6 Å². The average Bonchev–Trinajstić information content (AvgIpc) is 3.24. The molecule has 0 radical (unpaired) electrons. The van der Waals surface area contributed by atoms with E-state index in [0.29, 0.717) is 106 Å². The van der Waals surface area contributed by atoms with Crippen molar-refractivity contribution in [1.29, 1.82) is 0 Å². The third-order valence-corrected chi connectivity index (χ3v) is 10.3. The second kappa shape index (κ2) is 24.6. The molecule has 2 aromatic carbocycles. The SMILES string of the molecule is C=CC(=O)Nc1cc2c(Nc3ccc(F)c(Cl)c3)ncnc2cc1OCCCN1CCC(N2CCN(C(=O)CCOCCOCCOCCOCCC(N)=O)CC2)CC1. The molecule has 18 heteroatoms. The number of nitrogens with zero attached hydrogens (tertiary/aromatic N) is 5. The number of piperidine rings is 1. The van der Waals surface area contributed by atoms with E-state index in [0.717, 1.165) is 65.1 Å². The molecule has 0 bridgehead atoms. The van der Waals surface area contributed by atoms with Crippen LogP contribution in [0.2, 0.25) is 5.02 Å². The van der Waals surface area contributed by atoms with E-state index < -0.39 is 5.82 Å². The molecule has 59 heavy (non-hydrogen) atoms. The third kappa shape index (κ3) is 15.2. The highest BCUT2D eigenvalue weighted by atomic mass is 35.5. The van der Waals surface area contributed by atoms with E-state index >= 15 is 0 Å². The highest BCUT2D eigenvalue weighted by Crippen LogP contribution is 2.34. The monoisotopic (exact) mass is 842 g/mol. The number of aromatic nitrogens is 2. The molecule has 4 N–H and O–H groups in total. The van der Waals surface area contributed by atoms with E-state index in [2.05, 4.69) is 37.0 Å². The van der Waals surface area contributed by atoms with Crippen molar-refractivity contribution in [2.45, 2.75) is 38.1 Å². The number of ether oxygens (including phenoxy) is 5. The number of amides is 3. The van der Waals surface area contributed by atoms with Crippen molar-refractivity contribution < 1.29 is 42.5 Å². The number of anilines is 3. The number of piperazine rings is 1. The zero-order valence-corrected chi connectivity index (χ0v) is 34.3. The summed E-state index contributed by atoms with van der Waals surface area (Å²) in [6.07, 6.45) is 6.11. The quantitative estimate of drug-likeness (QED) is 0.0823. The fourth-order valence-corrected chi connectivity index (χ4v) is 7.04. The van der Waals surface area contributed by atoms with E-state index in [1.807, 2.05) is 4.90 Å². The molecule has 1 aromatic heterocycles. The Balaban J connectivity index is 0.943. The zero-order chi connectivity index (χ0) is 41.8. The lowest BCUT2D eigenvalue weighted by Crippen LogP contribution is -2.54. The summed E-state index contributed by atoms with van der Waals surface area (Å²) < 4.78 is 41.6. The van der Waals surface area contributed by atoms with Crippen LogP contribution in [0.5, 0.6) is 5.75 Å². The van der Waals surface area contributed by atoms with Crippen molar-refractivity contribution >= 4 is 57.4 Å². The highest BCUT2D eigenvalue weighted by Gasteiger charge is 2.28. The number of halogens is 2. The van der Waals surface area contributed by atoms with Crippen molar-refractivity contribution in [3.05, 3.63) is 60.2 Å². The lowest BCUT2D eigenvalue weighted by Gasteiger charge is -2.42. The molecule has 3 aromatic rings. The van der Waals surface area contributed by atoms with Crippen LogP contribution >= 0.6 is 11.6 Å². The van der Waals surface area contributed by atoms with Gasteiger partial charge in [-0.3, -0.25) is 19.3 Å². The Kier molecular flexibility index (Phi) is 19.0. The minimum Gasteiger partial charge on any atom is -0.491 e. The summed E-state index contributed by atoms with van der Waals surface area (Å²) in [4.78, 5) is 51.5. The molecule has 0 spiro atoms. The summed E-state index contributed by atoms with van der Waals surface area (Å²) in [7, 11) is 0. The van der Waals surface area contributed by atoms with Gasteiger partial charge in [-0.2, -0.15) is 0 Å². The largest absolute Gasteiger partial charge is 0.491 e. The Morgan fingerprint density at radius 2 is 1.53 bits per heavy atom. The number of primary amides is 1. The van der Waals surface area contributed by atoms with Gasteiger partial charge in [0.2, 0.25) is 17.7 Å². The van der Waals surface area contributed by atoms with Gasteiger partial charge >= 0.3 is 0 Å². The first kappa shape index (κ1) is 45.6. The molecule has 2 saturated heterocycles. The van der Waals surface area contributed by atoms with Crippen LogP contribution in [-0.4, -0.2) is 154 Å². The zero-order valence-electron chi connectivity index (χ0n) is 33.5. The highest BCUT2D eigenvalue weighted by molar-refractivity contribution is 6.31. The average molecular weight is 843 g/mol. The number of nitrogens with one attached hydrogen (secondary N) is 2. The molecule has 2 aliphatic heterocycles. The van der Waals surface area contributed by atoms with Gasteiger partial charge in [-0.15, -0.1) is 0 Å². The van der Waals surface area contributed by atoms with E-state index in [1.54, 1.807) is 18.2 Å². The summed E-state index contributed by atoms with van der Waals surface area (Å²) >= 11 is 5.97. The van der Waals surface area contributed by atoms with Gasteiger partial charge in [0.1, 0.15) is 23.7 Å². The van der Waals surface area contributed by atoms with Crippen molar-refractivity contribution in [2.24, 2.45) is 5.73 Å². The number of carbonyl (C=O) groups excluding carboxylic acids is 3. The fraction of sp³-hybridized carbons (Fsp3) is 0.537. The molecule has 0 saturated carbocycles. The van der Waals surface area contributed by atoms with E-state index in [1.165, 1.54) is 24.5 Å². The number of nitrogens with two attached hydrogens (primary N) is 1. The molecule has 2 fully saturated rings. The normalized spacial score (nSPS) is 15.3. The molecule has 3 amide bonds. The first-order chi connectivity index (χ1) is 28.7. The van der Waals surface area contributed by atoms with Crippen LogP contribution in [0.15, 0.2) is 49.3 Å². The van der Waals surface area contributed by atoms with Gasteiger partial charge in [0, 0.05) is 62.3 Å². The third-order valence-electron chi connectivity index (χ3n) is 10.0. The molecular weight excluding hydrogens is 787 g/mol. The van der Waals surface area contributed by atoms with Crippen LogP contribution in [0.25, 0.3) is 10.9 Å². The first-order valence-corrected chi connectivity index (χ1v) is 20.5. The van der Waals surface area contributed by atoms with E-state index in [9.17, 15) is 18.8 Å². The van der Waals surface area contributed by atoms with Gasteiger partial charge in [-0.25, -0.2) is 14.4 Å². The summed E-state index contributed by atoms with van der Waals surface area (Å²) in [6.45, 7) is 13.3. The van der Waals surface area contributed by atoms with Crippen molar-refractivity contribution in [3.8, 4) is 5.75 Å². The molecule has 16 nitrogen and oxygen atoms in total. The number of hydrogen-bond acceptors (Lipinski definition) is 13. The minimum atomic E-state index is -0.524. The van der Waals surface area contributed by atoms with Crippen molar-refractivity contribution in [2.75, 3.05) is 116 Å². The maximum Gasteiger partial charge on any atom is 0.247 e. The maximum absolute atomic E-state index is 13.7. The summed E-state index contributed by atoms with van der Waals surface area (Å²) in [6, 6.07) is 8.31. The number of benzene rings is 2. The van der Waals surface area contributed by atoms with Gasteiger partial charge in [0.05, 0.1) is 82.1 Å². The maximum atomic E-state index is 13.7. The van der Waals surface area contributed by atoms with E-state index in [-0.39, 0.29) is 29.2 Å². The van der Waals surface area contributed by atoms with Gasteiger partial charge in [-0.05, 0) is 62.7 Å². The van der Waals surface area contributed by atoms with Gasteiger partial charge in [0.15, 0.2) is 0 Å². The van der Waals surface area contributed by atoms with Crippen molar-refractivity contribution in [3.63, 3.8) is 0 Å². The molecular formula is C41H56ClFN8O8. The van der Waals surface area contributed by atoms with E-state index in [4.69, 9.17) is 41.0 Å².